The Morgan fingerprint density at radius 3 is 2.65 bits per heavy atom. The molecule has 1 atom stereocenters. The minimum atomic E-state index is 0.604. The van der Waals surface area contributed by atoms with Gasteiger partial charge >= 0.3 is 0 Å². The summed E-state index contributed by atoms with van der Waals surface area (Å²) in [7, 11) is 4.23. The molecule has 1 aromatic carbocycles. The second kappa shape index (κ2) is 5.32. The standard InChI is InChI=1S/C14H20N2O/c1-15(2)10-14-4-3-9-16(14)13-7-5-12(11-17)6-8-13/h5-8,11,14H,3-4,9-10H2,1-2H3. The highest BCUT2D eigenvalue weighted by Gasteiger charge is 2.24. The van der Waals surface area contributed by atoms with E-state index in [4.69, 9.17) is 0 Å². The van der Waals surface area contributed by atoms with Crippen molar-refractivity contribution in [1.82, 2.24) is 4.90 Å². The van der Waals surface area contributed by atoms with Crippen molar-refractivity contribution in [3.8, 4) is 0 Å². The maximum absolute atomic E-state index is 10.6. The fourth-order valence-corrected chi connectivity index (χ4v) is 2.53. The van der Waals surface area contributed by atoms with Gasteiger partial charge in [0.1, 0.15) is 6.29 Å². The summed E-state index contributed by atoms with van der Waals surface area (Å²) >= 11 is 0. The average Bonchev–Trinajstić information content (AvgIpc) is 2.76. The van der Waals surface area contributed by atoms with E-state index in [1.165, 1.54) is 18.5 Å². The van der Waals surface area contributed by atoms with Gasteiger partial charge in [0.25, 0.3) is 0 Å². The van der Waals surface area contributed by atoms with Gasteiger partial charge in [-0.15, -0.1) is 0 Å². The first-order chi connectivity index (χ1) is 8.20. The molecule has 1 aromatic rings. The number of carbonyl (C=O) groups is 1. The quantitative estimate of drug-likeness (QED) is 0.742. The maximum Gasteiger partial charge on any atom is 0.150 e. The second-order valence-corrected chi connectivity index (χ2v) is 4.96. The van der Waals surface area contributed by atoms with E-state index in [0.29, 0.717) is 6.04 Å². The summed E-state index contributed by atoms with van der Waals surface area (Å²) in [6.07, 6.45) is 3.41. The Bertz CT molecular complexity index is 372. The number of nitrogens with zero attached hydrogens (tertiary/aromatic N) is 2. The zero-order valence-electron chi connectivity index (χ0n) is 10.6. The molecule has 1 heterocycles. The van der Waals surface area contributed by atoms with Gasteiger partial charge in [-0.05, 0) is 51.2 Å². The number of anilines is 1. The number of rotatable bonds is 4. The van der Waals surface area contributed by atoms with Crippen LogP contribution < -0.4 is 4.90 Å². The lowest BCUT2D eigenvalue weighted by atomic mass is 10.1. The van der Waals surface area contributed by atoms with Gasteiger partial charge in [0, 0.05) is 30.4 Å². The lowest BCUT2D eigenvalue weighted by Crippen LogP contribution is -2.37. The third-order valence-corrected chi connectivity index (χ3v) is 3.31. The van der Waals surface area contributed by atoms with Gasteiger partial charge < -0.3 is 9.80 Å². The number of aldehydes is 1. The molecule has 1 unspecified atom stereocenters. The summed E-state index contributed by atoms with van der Waals surface area (Å²) in [6.45, 7) is 2.22. The molecule has 1 aliphatic heterocycles. The van der Waals surface area contributed by atoms with Crippen LogP contribution in [-0.4, -0.2) is 44.4 Å². The van der Waals surface area contributed by atoms with Gasteiger partial charge in [0.15, 0.2) is 0 Å². The molecule has 0 bridgehead atoms. The van der Waals surface area contributed by atoms with E-state index < -0.39 is 0 Å². The lowest BCUT2D eigenvalue weighted by Gasteiger charge is -2.29. The van der Waals surface area contributed by atoms with E-state index in [2.05, 4.69) is 36.0 Å². The fraction of sp³-hybridized carbons (Fsp3) is 0.500. The van der Waals surface area contributed by atoms with Crippen molar-refractivity contribution in [3.05, 3.63) is 29.8 Å². The smallest absolute Gasteiger partial charge is 0.150 e. The summed E-state index contributed by atoms with van der Waals surface area (Å²) in [5, 5.41) is 0. The van der Waals surface area contributed by atoms with Crippen molar-refractivity contribution >= 4 is 12.0 Å². The summed E-state index contributed by atoms with van der Waals surface area (Å²) < 4.78 is 0. The molecule has 2 rings (SSSR count). The highest BCUT2D eigenvalue weighted by Crippen LogP contribution is 2.25. The van der Waals surface area contributed by atoms with Gasteiger partial charge in [-0.25, -0.2) is 0 Å². The van der Waals surface area contributed by atoms with Crippen molar-refractivity contribution in [2.45, 2.75) is 18.9 Å². The molecule has 1 fully saturated rings. The van der Waals surface area contributed by atoms with Crippen LogP contribution in [0.1, 0.15) is 23.2 Å². The fourth-order valence-electron chi connectivity index (χ4n) is 2.53. The Morgan fingerprint density at radius 1 is 1.35 bits per heavy atom. The van der Waals surface area contributed by atoms with E-state index >= 15 is 0 Å². The summed E-state index contributed by atoms with van der Waals surface area (Å²) in [4.78, 5) is 15.3. The van der Waals surface area contributed by atoms with Crippen LogP contribution in [0.3, 0.4) is 0 Å². The predicted octanol–water partition coefficient (Wildman–Crippen LogP) is 2.03. The molecule has 3 nitrogen and oxygen atoms in total. The first kappa shape index (κ1) is 12.1. The Balaban J connectivity index is 2.11. The highest BCUT2D eigenvalue weighted by molar-refractivity contribution is 5.75. The number of hydrogen-bond donors (Lipinski definition) is 0. The molecule has 0 aliphatic carbocycles. The van der Waals surface area contributed by atoms with Crippen molar-refractivity contribution in [3.63, 3.8) is 0 Å². The second-order valence-electron chi connectivity index (χ2n) is 4.96. The summed E-state index contributed by atoms with van der Waals surface area (Å²) in [6, 6.07) is 8.50. The molecular weight excluding hydrogens is 212 g/mol. The van der Waals surface area contributed by atoms with Crippen LogP contribution in [0, 0.1) is 0 Å². The Hall–Kier alpha value is -1.35. The van der Waals surface area contributed by atoms with E-state index in [-0.39, 0.29) is 0 Å². The molecule has 3 heteroatoms. The van der Waals surface area contributed by atoms with Gasteiger partial charge in [-0.2, -0.15) is 0 Å². The molecule has 92 valence electrons. The van der Waals surface area contributed by atoms with Gasteiger partial charge in [-0.1, -0.05) is 0 Å². The van der Waals surface area contributed by atoms with E-state index in [1.807, 2.05) is 12.1 Å². The third-order valence-electron chi connectivity index (χ3n) is 3.31. The van der Waals surface area contributed by atoms with Crippen LogP contribution in [0.2, 0.25) is 0 Å². The first-order valence-electron chi connectivity index (χ1n) is 6.17. The topological polar surface area (TPSA) is 23.6 Å². The van der Waals surface area contributed by atoms with Crippen molar-refractivity contribution < 1.29 is 4.79 Å². The molecule has 1 saturated heterocycles. The van der Waals surface area contributed by atoms with Crippen LogP contribution in [0.25, 0.3) is 0 Å². The van der Waals surface area contributed by atoms with Gasteiger partial charge in [-0.3, -0.25) is 4.79 Å². The SMILES string of the molecule is CN(C)CC1CCCN1c1ccc(C=O)cc1. The normalized spacial score (nSPS) is 19.9. The zero-order valence-corrected chi connectivity index (χ0v) is 10.6. The molecule has 0 amide bonds. The number of benzene rings is 1. The minimum absolute atomic E-state index is 0.604. The molecule has 0 N–H and O–H groups in total. The number of likely N-dealkylation sites (N-methyl/N-ethyl adjacent to an activating group) is 1. The van der Waals surface area contributed by atoms with Crippen LogP contribution in [0.4, 0.5) is 5.69 Å². The Labute approximate surface area is 103 Å². The average molecular weight is 232 g/mol. The zero-order chi connectivity index (χ0) is 12.3. The first-order valence-corrected chi connectivity index (χ1v) is 6.17. The van der Waals surface area contributed by atoms with Crippen molar-refractivity contribution in [1.29, 1.82) is 0 Å². The minimum Gasteiger partial charge on any atom is -0.367 e. The van der Waals surface area contributed by atoms with Crippen molar-refractivity contribution in [2.24, 2.45) is 0 Å². The molecule has 0 spiro atoms. The number of carbonyl (C=O) groups excluding carboxylic acids is 1. The molecular formula is C14H20N2O. The van der Waals surface area contributed by atoms with Crippen LogP contribution in [0.15, 0.2) is 24.3 Å². The van der Waals surface area contributed by atoms with Crippen LogP contribution in [-0.2, 0) is 0 Å². The Morgan fingerprint density at radius 2 is 2.06 bits per heavy atom. The van der Waals surface area contributed by atoms with Crippen LogP contribution >= 0.6 is 0 Å². The maximum atomic E-state index is 10.6. The van der Waals surface area contributed by atoms with E-state index in [1.54, 1.807) is 0 Å². The molecule has 17 heavy (non-hydrogen) atoms. The van der Waals surface area contributed by atoms with E-state index in [9.17, 15) is 4.79 Å². The monoisotopic (exact) mass is 232 g/mol. The molecule has 0 radical (unpaired) electrons. The molecule has 0 saturated carbocycles. The summed E-state index contributed by atoms with van der Waals surface area (Å²) in [5.41, 5.74) is 1.98. The predicted molar refractivity (Wildman–Crippen MR) is 70.8 cm³/mol. The van der Waals surface area contributed by atoms with Crippen molar-refractivity contribution in [2.75, 3.05) is 32.1 Å². The van der Waals surface area contributed by atoms with Gasteiger partial charge in [0.2, 0.25) is 0 Å². The number of hydrogen-bond acceptors (Lipinski definition) is 3. The lowest BCUT2D eigenvalue weighted by molar-refractivity contribution is 0.112. The van der Waals surface area contributed by atoms with Gasteiger partial charge in [0.05, 0.1) is 0 Å². The molecule has 0 aromatic heterocycles. The third kappa shape index (κ3) is 2.86. The van der Waals surface area contributed by atoms with E-state index in [0.717, 1.165) is 24.9 Å². The highest BCUT2D eigenvalue weighted by atomic mass is 16.1. The van der Waals surface area contributed by atoms with Crippen LogP contribution in [0.5, 0.6) is 0 Å². The molecule has 1 aliphatic rings. The summed E-state index contributed by atoms with van der Waals surface area (Å²) in [5.74, 6) is 0. The Kier molecular flexibility index (Phi) is 3.79. The largest absolute Gasteiger partial charge is 0.367 e.